The predicted molar refractivity (Wildman–Crippen MR) is 117 cm³/mol. The molecule has 0 aliphatic carbocycles. The van der Waals surface area contributed by atoms with Gasteiger partial charge < -0.3 is 4.74 Å². The van der Waals surface area contributed by atoms with Crippen molar-refractivity contribution in [1.82, 2.24) is 15.7 Å². The van der Waals surface area contributed by atoms with E-state index in [0.29, 0.717) is 34.7 Å². The van der Waals surface area contributed by atoms with Crippen molar-refractivity contribution in [3.8, 4) is 11.6 Å². The average molecular weight is 423 g/mol. The fourth-order valence-corrected chi connectivity index (χ4v) is 3.69. The fourth-order valence-electron chi connectivity index (χ4n) is 3.51. The van der Waals surface area contributed by atoms with Crippen LogP contribution in [0, 0.1) is 20.8 Å². The number of nitrogens with zero attached hydrogens (tertiary/aromatic N) is 3. The van der Waals surface area contributed by atoms with Gasteiger partial charge in [-0.05, 0) is 57.0 Å². The third-order valence-corrected chi connectivity index (χ3v) is 4.89. The fraction of sp³-hybridized carbons (Fsp3) is 0.261. The van der Waals surface area contributed by atoms with E-state index in [-0.39, 0.29) is 6.04 Å². The molecule has 3 aromatic rings. The molecule has 1 aliphatic rings. The number of rotatable bonds is 5. The molecule has 0 bridgehead atoms. The molecule has 4 rings (SSSR count). The van der Waals surface area contributed by atoms with E-state index in [1.54, 1.807) is 12.1 Å². The SMILES string of the molecule is Cc1cc(C)cc(CC2CONC(c3cc(C)nnc3Oc3cccc(Cl)c3)=N2)c1. The number of hydrogen-bond acceptors (Lipinski definition) is 6. The number of ether oxygens (including phenoxy) is 1. The normalized spacial score (nSPS) is 16.0. The summed E-state index contributed by atoms with van der Waals surface area (Å²) < 4.78 is 5.95. The highest BCUT2D eigenvalue weighted by molar-refractivity contribution is 6.30. The van der Waals surface area contributed by atoms with Crippen molar-refractivity contribution in [2.75, 3.05) is 6.61 Å². The molecule has 154 valence electrons. The molecule has 6 nitrogen and oxygen atoms in total. The first-order valence-corrected chi connectivity index (χ1v) is 10.1. The minimum atomic E-state index is -0.0186. The van der Waals surface area contributed by atoms with Gasteiger partial charge in [-0.15, -0.1) is 5.10 Å². The summed E-state index contributed by atoms with van der Waals surface area (Å²) >= 11 is 6.07. The third-order valence-electron chi connectivity index (χ3n) is 4.66. The van der Waals surface area contributed by atoms with Crippen molar-refractivity contribution >= 4 is 17.4 Å². The first kappa shape index (κ1) is 20.3. The highest BCUT2D eigenvalue weighted by atomic mass is 35.5. The van der Waals surface area contributed by atoms with Crippen LogP contribution >= 0.6 is 11.6 Å². The number of amidine groups is 1. The Bertz CT molecular complexity index is 1080. The molecule has 0 saturated heterocycles. The van der Waals surface area contributed by atoms with Gasteiger partial charge in [0.2, 0.25) is 5.88 Å². The van der Waals surface area contributed by atoms with Gasteiger partial charge in [-0.3, -0.25) is 9.83 Å². The second-order valence-electron chi connectivity index (χ2n) is 7.51. The van der Waals surface area contributed by atoms with E-state index in [0.717, 1.165) is 12.1 Å². The van der Waals surface area contributed by atoms with Gasteiger partial charge in [0, 0.05) is 5.02 Å². The van der Waals surface area contributed by atoms with E-state index < -0.39 is 0 Å². The summed E-state index contributed by atoms with van der Waals surface area (Å²) in [5.41, 5.74) is 8.09. The summed E-state index contributed by atoms with van der Waals surface area (Å²) in [5.74, 6) is 1.49. The molecular weight excluding hydrogens is 400 g/mol. The maximum atomic E-state index is 6.07. The zero-order valence-electron chi connectivity index (χ0n) is 17.1. The smallest absolute Gasteiger partial charge is 0.250 e. The molecular formula is C23H23ClN4O2. The standard InChI is InChI=1S/C23H23ClN4O2/c1-14-7-15(2)9-17(8-14)11-19-13-29-28-22(25-19)21-10-16(3)26-27-23(21)30-20-6-4-5-18(24)12-20/h4-10,12,19H,11,13H2,1-3H3,(H,25,28). The van der Waals surface area contributed by atoms with E-state index in [1.165, 1.54) is 16.7 Å². The lowest BCUT2D eigenvalue weighted by atomic mass is 10.0. The number of aryl methyl sites for hydroxylation is 3. The second kappa shape index (κ2) is 8.81. The molecule has 1 aromatic heterocycles. The maximum Gasteiger partial charge on any atom is 0.250 e. The van der Waals surface area contributed by atoms with Crippen LogP contribution < -0.4 is 10.2 Å². The molecule has 7 heteroatoms. The van der Waals surface area contributed by atoms with E-state index in [4.69, 9.17) is 26.2 Å². The Labute approximate surface area is 180 Å². The lowest BCUT2D eigenvalue weighted by molar-refractivity contribution is 0.0623. The van der Waals surface area contributed by atoms with E-state index >= 15 is 0 Å². The summed E-state index contributed by atoms with van der Waals surface area (Å²) in [5, 5.41) is 8.93. The number of hydroxylamine groups is 1. The van der Waals surface area contributed by atoms with Crippen molar-refractivity contribution in [3.63, 3.8) is 0 Å². The number of aliphatic imine (C=N–C) groups is 1. The first-order valence-electron chi connectivity index (χ1n) is 9.77. The van der Waals surface area contributed by atoms with Crippen molar-refractivity contribution in [1.29, 1.82) is 0 Å². The van der Waals surface area contributed by atoms with Crippen LogP contribution in [-0.2, 0) is 11.3 Å². The van der Waals surface area contributed by atoms with Crippen LogP contribution in [0.4, 0.5) is 0 Å². The molecule has 1 atom stereocenters. The Morgan fingerprint density at radius 2 is 1.87 bits per heavy atom. The van der Waals surface area contributed by atoms with Gasteiger partial charge in [0.1, 0.15) is 5.75 Å². The Morgan fingerprint density at radius 3 is 2.63 bits per heavy atom. The van der Waals surface area contributed by atoms with Gasteiger partial charge in [-0.1, -0.05) is 47.0 Å². The van der Waals surface area contributed by atoms with Crippen molar-refractivity contribution in [3.05, 3.63) is 81.5 Å². The molecule has 2 aromatic carbocycles. The zero-order chi connectivity index (χ0) is 21.1. The van der Waals surface area contributed by atoms with Crippen LogP contribution in [-0.4, -0.2) is 28.7 Å². The first-order chi connectivity index (χ1) is 14.5. The van der Waals surface area contributed by atoms with E-state index in [9.17, 15) is 0 Å². The maximum absolute atomic E-state index is 6.07. The molecule has 1 aliphatic heterocycles. The van der Waals surface area contributed by atoms with Crippen LogP contribution in [0.15, 0.2) is 53.5 Å². The van der Waals surface area contributed by atoms with Crippen LogP contribution in [0.3, 0.4) is 0 Å². The summed E-state index contributed by atoms with van der Waals surface area (Å²) in [6.45, 7) is 6.57. The summed E-state index contributed by atoms with van der Waals surface area (Å²) in [6, 6.07) is 15.5. The molecule has 0 radical (unpaired) electrons. The van der Waals surface area contributed by atoms with Crippen LogP contribution in [0.1, 0.15) is 27.9 Å². The minimum Gasteiger partial charge on any atom is -0.437 e. The molecule has 0 saturated carbocycles. The van der Waals surface area contributed by atoms with E-state index in [1.807, 2.05) is 25.1 Å². The van der Waals surface area contributed by atoms with Crippen molar-refractivity contribution in [2.45, 2.75) is 33.2 Å². The molecule has 0 spiro atoms. The number of nitrogens with one attached hydrogen (secondary N) is 1. The summed E-state index contributed by atoms with van der Waals surface area (Å²) in [7, 11) is 0. The Morgan fingerprint density at radius 1 is 1.07 bits per heavy atom. The summed E-state index contributed by atoms with van der Waals surface area (Å²) in [4.78, 5) is 10.5. The highest BCUT2D eigenvalue weighted by Crippen LogP contribution is 2.26. The van der Waals surface area contributed by atoms with Gasteiger partial charge in [-0.2, -0.15) is 5.10 Å². The highest BCUT2D eigenvalue weighted by Gasteiger charge is 2.22. The monoisotopic (exact) mass is 422 g/mol. The number of aromatic nitrogens is 2. The Balaban J connectivity index is 1.62. The van der Waals surface area contributed by atoms with Crippen molar-refractivity contribution < 1.29 is 9.57 Å². The van der Waals surface area contributed by atoms with Gasteiger partial charge in [-0.25, -0.2) is 5.48 Å². The van der Waals surface area contributed by atoms with Gasteiger partial charge in [0.15, 0.2) is 5.84 Å². The lowest BCUT2D eigenvalue weighted by Gasteiger charge is -2.23. The summed E-state index contributed by atoms with van der Waals surface area (Å²) in [6.07, 6.45) is 0.787. The minimum absolute atomic E-state index is 0.0186. The van der Waals surface area contributed by atoms with Gasteiger partial charge >= 0.3 is 0 Å². The molecule has 1 unspecified atom stereocenters. The second-order valence-corrected chi connectivity index (χ2v) is 7.95. The molecule has 2 heterocycles. The third kappa shape index (κ3) is 4.96. The number of benzene rings is 2. The van der Waals surface area contributed by atoms with Gasteiger partial charge in [0.05, 0.1) is 23.9 Å². The van der Waals surface area contributed by atoms with Crippen LogP contribution in [0.25, 0.3) is 0 Å². The molecule has 1 N–H and O–H groups in total. The largest absolute Gasteiger partial charge is 0.437 e. The Kier molecular flexibility index (Phi) is 5.97. The topological polar surface area (TPSA) is 68.6 Å². The average Bonchev–Trinajstić information content (AvgIpc) is 2.69. The number of halogens is 1. The van der Waals surface area contributed by atoms with Crippen LogP contribution in [0.2, 0.25) is 5.02 Å². The molecule has 0 fully saturated rings. The Hall–Kier alpha value is -2.96. The van der Waals surface area contributed by atoms with Crippen molar-refractivity contribution in [2.24, 2.45) is 4.99 Å². The lowest BCUT2D eigenvalue weighted by Crippen LogP contribution is -2.37. The number of hydrogen-bond donors (Lipinski definition) is 1. The van der Waals surface area contributed by atoms with Crippen LogP contribution in [0.5, 0.6) is 11.6 Å². The predicted octanol–water partition coefficient (Wildman–Crippen LogP) is 4.74. The zero-order valence-corrected chi connectivity index (χ0v) is 17.9. The van der Waals surface area contributed by atoms with E-state index in [2.05, 4.69) is 47.7 Å². The molecule has 0 amide bonds. The quantitative estimate of drug-likeness (QED) is 0.643. The van der Waals surface area contributed by atoms with Gasteiger partial charge in [0.25, 0.3) is 0 Å². The molecule has 30 heavy (non-hydrogen) atoms.